The molecule has 0 aromatic heterocycles. The highest BCUT2D eigenvalue weighted by atomic mass is 32.2. The van der Waals surface area contributed by atoms with E-state index >= 15 is 0 Å². The van der Waals surface area contributed by atoms with Gasteiger partial charge < -0.3 is 4.74 Å². The van der Waals surface area contributed by atoms with E-state index in [4.69, 9.17) is 4.74 Å². The van der Waals surface area contributed by atoms with Crippen LogP contribution in [-0.2, 0) is 10.0 Å². The number of benzene rings is 3. The van der Waals surface area contributed by atoms with Crippen molar-refractivity contribution in [3.63, 3.8) is 0 Å². The molecule has 0 aliphatic rings. The van der Waals surface area contributed by atoms with Crippen LogP contribution in [0.1, 0.15) is 30.9 Å². The molecule has 1 N–H and O–H groups in total. The molecule has 0 heterocycles. The minimum absolute atomic E-state index is 0.150. The lowest BCUT2D eigenvalue weighted by Crippen LogP contribution is -2.15. The molecule has 0 saturated heterocycles. The monoisotopic (exact) mass is 369 g/mol. The Balaban J connectivity index is 2.10. The van der Waals surface area contributed by atoms with Crippen LogP contribution in [0, 0.1) is 6.92 Å². The summed E-state index contributed by atoms with van der Waals surface area (Å²) in [5, 5.41) is 1.86. The summed E-state index contributed by atoms with van der Waals surface area (Å²) in [5.74, 6) is 0.860. The molecule has 0 aliphatic carbocycles. The molecule has 26 heavy (non-hydrogen) atoms. The number of methoxy groups -OCH3 is 1. The lowest BCUT2D eigenvalue weighted by Gasteiger charge is -2.17. The topological polar surface area (TPSA) is 55.4 Å². The van der Waals surface area contributed by atoms with Crippen molar-refractivity contribution >= 4 is 26.5 Å². The highest BCUT2D eigenvalue weighted by molar-refractivity contribution is 7.92. The third kappa shape index (κ3) is 3.40. The molecule has 3 aromatic carbocycles. The number of sulfonamides is 1. The first-order valence-electron chi connectivity index (χ1n) is 8.52. The molecule has 136 valence electrons. The molecule has 0 atom stereocenters. The Labute approximate surface area is 154 Å². The molecule has 0 amide bonds. The summed E-state index contributed by atoms with van der Waals surface area (Å²) in [7, 11) is -2.12. The van der Waals surface area contributed by atoms with Crippen LogP contribution in [0.25, 0.3) is 10.8 Å². The van der Waals surface area contributed by atoms with Gasteiger partial charge >= 0.3 is 0 Å². The van der Waals surface area contributed by atoms with Gasteiger partial charge in [0.25, 0.3) is 10.0 Å². The summed E-state index contributed by atoms with van der Waals surface area (Å²) in [6.45, 7) is 5.81. The first-order chi connectivity index (χ1) is 12.3. The largest absolute Gasteiger partial charge is 0.496 e. The van der Waals surface area contributed by atoms with Crippen LogP contribution in [-0.4, -0.2) is 15.5 Å². The molecule has 0 saturated carbocycles. The maximum Gasteiger partial charge on any atom is 0.262 e. The molecule has 0 spiro atoms. The summed E-state index contributed by atoms with van der Waals surface area (Å²) in [4.78, 5) is 0.273. The van der Waals surface area contributed by atoms with E-state index in [2.05, 4.69) is 4.72 Å². The zero-order valence-electron chi connectivity index (χ0n) is 15.4. The maximum atomic E-state index is 13.1. The first-order valence-corrected chi connectivity index (χ1v) is 10.0. The molecule has 5 heteroatoms. The number of anilines is 1. The number of rotatable bonds is 5. The van der Waals surface area contributed by atoms with Crippen LogP contribution in [0.4, 0.5) is 5.69 Å². The van der Waals surface area contributed by atoms with Crippen molar-refractivity contribution in [3.05, 3.63) is 65.7 Å². The Kier molecular flexibility index (Phi) is 4.92. The fourth-order valence-corrected chi connectivity index (χ4v) is 4.45. The Bertz CT molecular complexity index is 1050. The van der Waals surface area contributed by atoms with Gasteiger partial charge in [0.15, 0.2) is 0 Å². The van der Waals surface area contributed by atoms with Crippen LogP contribution in [0.5, 0.6) is 5.75 Å². The molecule has 3 rings (SSSR count). The van der Waals surface area contributed by atoms with Crippen molar-refractivity contribution < 1.29 is 13.2 Å². The van der Waals surface area contributed by atoms with Gasteiger partial charge in [-0.15, -0.1) is 0 Å². The third-order valence-corrected chi connectivity index (χ3v) is 5.98. The van der Waals surface area contributed by atoms with Gasteiger partial charge in [0.1, 0.15) is 5.75 Å². The van der Waals surface area contributed by atoms with Crippen molar-refractivity contribution in [1.29, 1.82) is 0 Å². The van der Waals surface area contributed by atoms with E-state index < -0.39 is 10.0 Å². The molecule has 0 aliphatic heterocycles. The lowest BCUT2D eigenvalue weighted by atomic mass is 10.0. The second-order valence-electron chi connectivity index (χ2n) is 6.65. The number of hydrogen-bond donors (Lipinski definition) is 1. The SMILES string of the molecule is COc1cc(C)c(S(=O)(=O)Nc2cccc3ccccc23)cc1C(C)C. The van der Waals surface area contributed by atoms with Crippen molar-refractivity contribution in [3.8, 4) is 5.75 Å². The van der Waals surface area contributed by atoms with E-state index in [1.54, 1.807) is 32.2 Å². The molecule has 0 fully saturated rings. The summed E-state index contributed by atoms with van der Waals surface area (Å²) in [5.41, 5.74) is 2.10. The zero-order valence-corrected chi connectivity index (χ0v) is 16.2. The molecule has 0 radical (unpaired) electrons. The van der Waals surface area contributed by atoms with Crippen LogP contribution in [0.2, 0.25) is 0 Å². The quantitative estimate of drug-likeness (QED) is 0.682. The van der Waals surface area contributed by atoms with Crippen molar-refractivity contribution in [2.24, 2.45) is 0 Å². The summed E-state index contributed by atoms with van der Waals surface area (Å²) >= 11 is 0. The smallest absolute Gasteiger partial charge is 0.262 e. The van der Waals surface area contributed by atoms with Gasteiger partial charge in [-0.1, -0.05) is 50.2 Å². The highest BCUT2D eigenvalue weighted by Crippen LogP contribution is 2.33. The molecular weight excluding hydrogens is 346 g/mol. The van der Waals surface area contributed by atoms with Crippen LogP contribution in [0.15, 0.2) is 59.5 Å². The van der Waals surface area contributed by atoms with E-state index in [1.807, 2.05) is 50.2 Å². The van der Waals surface area contributed by atoms with E-state index in [-0.39, 0.29) is 10.8 Å². The normalized spacial score (nSPS) is 11.7. The molecule has 0 bridgehead atoms. The van der Waals surface area contributed by atoms with Gasteiger partial charge in [-0.05, 0) is 47.6 Å². The molecule has 0 unspecified atom stereocenters. The van der Waals surface area contributed by atoms with E-state index in [9.17, 15) is 8.42 Å². The molecule has 3 aromatic rings. The summed E-state index contributed by atoms with van der Waals surface area (Å²) in [6.07, 6.45) is 0. The van der Waals surface area contributed by atoms with Gasteiger partial charge in [0.2, 0.25) is 0 Å². The van der Waals surface area contributed by atoms with Gasteiger partial charge in [-0.2, -0.15) is 0 Å². The van der Waals surface area contributed by atoms with Gasteiger partial charge in [0.05, 0.1) is 17.7 Å². The second-order valence-corrected chi connectivity index (χ2v) is 8.30. The third-order valence-electron chi connectivity index (χ3n) is 4.47. The lowest BCUT2D eigenvalue weighted by molar-refractivity contribution is 0.406. The molecular formula is C21H23NO3S. The van der Waals surface area contributed by atoms with Crippen LogP contribution < -0.4 is 9.46 Å². The summed E-state index contributed by atoms with van der Waals surface area (Å²) in [6, 6.07) is 16.8. The predicted octanol–water partition coefficient (Wildman–Crippen LogP) is 5.08. The van der Waals surface area contributed by atoms with E-state index in [0.717, 1.165) is 16.3 Å². The van der Waals surface area contributed by atoms with E-state index in [0.29, 0.717) is 17.0 Å². The Morgan fingerprint density at radius 2 is 1.69 bits per heavy atom. The average molecular weight is 369 g/mol. The number of nitrogens with one attached hydrogen (secondary N) is 1. The van der Waals surface area contributed by atoms with Crippen LogP contribution in [0.3, 0.4) is 0 Å². The molecule has 4 nitrogen and oxygen atoms in total. The standard InChI is InChI=1S/C21H23NO3S/c1-14(2)18-13-21(15(3)12-20(18)25-4)26(23,24)22-19-11-7-9-16-8-5-6-10-17(16)19/h5-14,22H,1-4H3. The number of hydrogen-bond acceptors (Lipinski definition) is 3. The number of aryl methyl sites for hydroxylation is 1. The Morgan fingerprint density at radius 1 is 1.00 bits per heavy atom. The Hall–Kier alpha value is -2.53. The van der Waals surface area contributed by atoms with Crippen molar-refractivity contribution in [1.82, 2.24) is 0 Å². The van der Waals surface area contributed by atoms with Gasteiger partial charge in [-0.25, -0.2) is 8.42 Å². The number of ether oxygens (including phenoxy) is 1. The van der Waals surface area contributed by atoms with Gasteiger partial charge in [0, 0.05) is 5.39 Å². The Morgan fingerprint density at radius 3 is 2.38 bits per heavy atom. The summed E-state index contributed by atoms with van der Waals surface area (Å²) < 4.78 is 34.3. The second kappa shape index (κ2) is 7.00. The fraction of sp³-hybridized carbons (Fsp3) is 0.238. The zero-order chi connectivity index (χ0) is 18.9. The number of fused-ring (bicyclic) bond motifs is 1. The average Bonchev–Trinajstić information content (AvgIpc) is 2.61. The minimum atomic E-state index is -3.72. The fourth-order valence-electron chi connectivity index (χ4n) is 3.11. The predicted molar refractivity (Wildman–Crippen MR) is 107 cm³/mol. The maximum absolute atomic E-state index is 13.1. The van der Waals surface area contributed by atoms with Crippen molar-refractivity contribution in [2.75, 3.05) is 11.8 Å². The van der Waals surface area contributed by atoms with E-state index in [1.165, 1.54) is 0 Å². The van der Waals surface area contributed by atoms with Crippen molar-refractivity contribution in [2.45, 2.75) is 31.6 Å². The first kappa shape index (κ1) is 18.3. The minimum Gasteiger partial charge on any atom is -0.496 e. The highest BCUT2D eigenvalue weighted by Gasteiger charge is 2.21. The van der Waals surface area contributed by atoms with Gasteiger partial charge in [-0.3, -0.25) is 4.72 Å². The van der Waals surface area contributed by atoms with Crippen LogP contribution >= 0.6 is 0 Å².